The number of para-hydroxylation sites is 1. The number of amides is 1. The third kappa shape index (κ3) is 2.97. The smallest absolute Gasteiger partial charge is 0.256 e. The fourth-order valence-corrected chi connectivity index (χ4v) is 2.81. The van der Waals surface area contributed by atoms with Gasteiger partial charge in [0.1, 0.15) is 11.6 Å². The van der Waals surface area contributed by atoms with Crippen LogP contribution in [0.15, 0.2) is 42.5 Å². The molecule has 0 aliphatic heterocycles. The SMILES string of the molecule is CCc1nc2ccccc2c(C(=O)Nc2cc(F)cc(F)c2)c1C. The number of rotatable bonds is 3. The van der Waals surface area contributed by atoms with Gasteiger partial charge in [-0.15, -0.1) is 0 Å². The van der Waals surface area contributed by atoms with E-state index in [1.54, 1.807) is 0 Å². The number of nitrogens with one attached hydrogen (secondary N) is 1. The summed E-state index contributed by atoms with van der Waals surface area (Å²) >= 11 is 0. The van der Waals surface area contributed by atoms with Crippen LogP contribution in [-0.4, -0.2) is 10.9 Å². The molecule has 1 N–H and O–H groups in total. The van der Waals surface area contributed by atoms with Gasteiger partial charge in [0.2, 0.25) is 0 Å². The third-order valence-corrected chi connectivity index (χ3v) is 3.92. The minimum Gasteiger partial charge on any atom is -0.322 e. The number of hydrogen-bond donors (Lipinski definition) is 1. The fourth-order valence-electron chi connectivity index (χ4n) is 2.81. The lowest BCUT2D eigenvalue weighted by Gasteiger charge is -2.14. The molecule has 0 radical (unpaired) electrons. The molecular formula is C19H16F2N2O. The number of anilines is 1. The summed E-state index contributed by atoms with van der Waals surface area (Å²) in [5.41, 5.74) is 2.86. The molecule has 3 aromatic rings. The van der Waals surface area contributed by atoms with Crippen molar-refractivity contribution in [1.29, 1.82) is 0 Å². The topological polar surface area (TPSA) is 42.0 Å². The van der Waals surface area contributed by atoms with Crippen molar-refractivity contribution in [3.05, 3.63) is 70.9 Å². The normalized spacial score (nSPS) is 10.8. The molecule has 0 saturated carbocycles. The first-order valence-electron chi connectivity index (χ1n) is 7.65. The van der Waals surface area contributed by atoms with E-state index in [-0.39, 0.29) is 5.69 Å². The summed E-state index contributed by atoms with van der Waals surface area (Å²) in [6.07, 6.45) is 0.686. The third-order valence-electron chi connectivity index (χ3n) is 3.92. The molecule has 1 amide bonds. The molecule has 3 rings (SSSR count). The molecule has 2 aromatic carbocycles. The molecule has 0 bridgehead atoms. The molecule has 0 saturated heterocycles. The second kappa shape index (κ2) is 6.35. The van der Waals surface area contributed by atoms with E-state index < -0.39 is 17.5 Å². The predicted molar refractivity (Wildman–Crippen MR) is 90.2 cm³/mol. The largest absolute Gasteiger partial charge is 0.322 e. The highest BCUT2D eigenvalue weighted by molar-refractivity contribution is 6.13. The molecular weight excluding hydrogens is 310 g/mol. The molecule has 1 heterocycles. The molecule has 0 aliphatic carbocycles. The van der Waals surface area contributed by atoms with Crippen LogP contribution in [0.25, 0.3) is 10.9 Å². The van der Waals surface area contributed by atoms with Crippen LogP contribution in [0.1, 0.15) is 28.5 Å². The second-order valence-corrected chi connectivity index (χ2v) is 5.54. The van der Waals surface area contributed by atoms with E-state index in [1.807, 2.05) is 38.1 Å². The van der Waals surface area contributed by atoms with Crippen molar-refractivity contribution in [2.75, 3.05) is 5.32 Å². The van der Waals surface area contributed by atoms with Crippen molar-refractivity contribution in [2.45, 2.75) is 20.3 Å². The van der Waals surface area contributed by atoms with Crippen LogP contribution < -0.4 is 5.32 Å². The summed E-state index contributed by atoms with van der Waals surface area (Å²) in [4.78, 5) is 17.3. The van der Waals surface area contributed by atoms with Crippen LogP contribution in [0.5, 0.6) is 0 Å². The predicted octanol–water partition coefficient (Wildman–Crippen LogP) is 4.64. The van der Waals surface area contributed by atoms with Gasteiger partial charge in [-0.2, -0.15) is 0 Å². The van der Waals surface area contributed by atoms with Gasteiger partial charge in [-0.05, 0) is 37.1 Å². The van der Waals surface area contributed by atoms with E-state index in [0.717, 1.165) is 35.0 Å². The summed E-state index contributed by atoms with van der Waals surface area (Å²) < 4.78 is 26.7. The quantitative estimate of drug-likeness (QED) is 0.762. The minimum absolute atomic E-state index is 0.0795. The van der Waals surface area contributed by atoms with E-state index in [0.29, 0.717) is 17.4 Å². The number of pyridine rings is 1. The van der Waals surface area contributed by atoms with Gasteiger partial charge in [0.05, 0.1) is 11.1 Å². The Kier molecular flexibility index (Phi) is 4.25. The zero-order valence-electron chi connectivity index (χ0n) is 13.4. The lowest BCUT2D eigenvalue weighted by atomic mass is 9.99. The first-order chi connectivity index (χ1) is 11.5. The summed E-state index contributed by atoms with van der Waals surface area (Å²) in [5.74, 6) is -1.89. The number of halogens is 2. The van der Waals surface area contributed by atoms with Gasteiger partial charge in [0, 0.05) is 22.8 Å². The number of aromatic nitrogens is 1. The van der Waals surface area contributed by atoms with Gasteiger partial charge in [-0.25, -0.2) is 8.78 Å². The first kappa shape index (κ1) is 16.1. The van der Waals surface area contributed by atoms with Crippen LogP contribution in [-0.2, 0) is 6.42 Å². The number of carbonyl (C=O) groups excluding carboxylic acids is 1. The van der Waals surface area contributed by atoms with Crippen molar-refractivity contribution < 1.29 is 13.6 Å². The Labute approximate surface area is 138 Å². The molecule has 1 aromatic heterocycles. The highest BCUT2D eigenvalue weighted by atomic mass is 19.1. The Morgan fingerprint density at radius 1 is 1.12 bits per heavy atom. The maximum atomic E-state index is 13.3. The lowest BCUT2D eigenvalue weighted by molar-refractivity contribution is 0.102. The van der Waals surface area contributed by atoms with Gasteiger partial charge in [0.15, 0.2) is 0 Å². The van der Waals surface area contributed by atoms with Gasteiger partial charge < -0.3 is 5.32 Å². The summed E-state index contributed by atoms with van der Waals surface area (Å²) in [5, 5.41) is 3.29. The second-order valence-electron chi connectivity index (χ2n) is 5.54. The number of benzene rings is 2. The van der Waals surface area contributed by atoms with E-state index in [4.69, 9.17) is 0 Å². The monoisotopic (exact) mass is 326 g/mol. The number of aryl methyl sites for hydroxylation is 1. The maximum absolute atomic E-state index is 13.3. The number of nitrogens with zero attached hydrogens (tertiary/aromatic N) is 1. The molecule has 0 fully saturated rings. The van der Waals surface area contributed by atoms with Crippen LogP contribution in [0.2, 0.25) is 0 Å². The van der Waals surface area contributed by atoms with E-state index in [1.165, 1.54) is 0 Å². The average Bonchev–Trinajstić information content (AvgIpc) is 2.53. The fraction of sp³-hybridized carbons (Fsp3) is 0.158. The zero-order valence-corrected chi connectivity index (χ0v) is 13.4. The Morgan fingerprint density at radius 2 is 1.79 bits per heavy atom. The molecule has 122 valence electrons. The Balaban J connectivity index is 2.10. The molecule has 24 heavy (non-hydrogen) atoms. The Bertz CT molecular complexity index is 918. The van der Waals surface area contributed by atoms with Gasteiger partial charge in [0.25, 0.3) is 5.91 Å². The van der Waals surface area contributed by atoms with Crippen molar-refractivity contribution in [2.24, 2.45) is 0 Å². The number of carbonyl (C=O) groups is 1. The highest BCUT2D eigenvalue weighted by Gasteiger charge is 2.17. The zero-order chi connectivity index (χ0) is 17.3. The van der Waals surface area contributed by atoms with Gasteiger partial charge >= 0.3 is 0 Å². The summed E-state index contributed by atoms with van der Waals surface area (Å²) in [6.45, 7) is 3.80. The standard InChI is InChI=1S/C19H16F2N2O/c1-3-16-11(2)18(15-6-4-5-7-17(15)23-16)19(24)22-14-9-12(20)8-13(21)10-14/h4-10H,3H2,1-2H3,(H,22,24). The first-order valence-corrected chi connectivity index (χ1v) is 7.65. The molecule has 5 heteroatoms. The summed E-state index contributed by atoms with van der Waals surface area (Å²) in [7, 11) is 0. The minimum atomic E-state index is -0.740. The maximum Gasteiger partial charge on any atom is 0.256 e. The number of fused-ring (bicyclic) bond motifs is 1. The van der Waals surface area contributed by atoms with Crippen molar-refractivity contribution >= 4 is 22.5 Å². The molecule has 3 nitrogen and oxygen atoms in total. The lowest BCUT2D eigenvalue weighted by Crippen LogP contribution is -2.16. The van der Waals surface area contributed by atoms with Gasteiger partial charge in [-0.1, -0.05) is 25.1 Å². The average molecular weight is 326 g/mol. The van der Waals surface area contributed by atoms with Crippen LogP contribution in [0.3, 0.4) is 0 Å². The van der Waals surface area contributed by atoms with Crippen LogP contribution in [0.4, 0.5) is 14.5 Å². The highest BCUT2D eigenvalue weighted by Crippen LogP contribution is 2.25. The van der Waals surface area contributed by atoms with Gasteiger partial charge in [-0.3, -0.25) is 9.78 Å². The van der Waals surface area contributed by atoms with Crippen molar-refractivity contribution in [3.63, 3.8) is 0 Å². The Hall–Kier alpha value is -2.82. The Morgan fingerprint density at radius 3 is 2.46 bits per heavy atom. The molecule has 0 unspecified atom stereocenters. The molecule has 0 spiro atoms. The van der Waals surface area contributed by atoms with Crippen LogP contribution >= 0.6 is 0 Å². The van der Waals surface area contributed by atoms with E-state index in [2.05, 4.69) is 10.3 Å². The molecule has 0 aliphatic rings. The van der Waals surface area contributed by atoms with E-state index in [9.17, 15) is 13.6 Å². The molecule has 0 atom stereocenters. The summed E-state index contributed by atoms with van der Waals surface area (Å²) in [6, 6.07) is 10.3. The van der Waals surface area contributed by atoms with Crippen molar-refractivity contribution in [3.8, 4) is 0 Å². The van der Waals surface area contributed by atoms with Crippen LogP contribution in [0, 0.1) is 18.6 Å². The van der Waals surface area contributed by atoms with E-state index >= 15 is 0 Å². The number of hydrogen-bond acceptors (Lipinski definition) is 2. The van der Waals surface area contributed by atoms with Crippen molar-refractivity contribution in [1.82, 2.24) is 4.98 Å².